The van der Waals surface area contributed by atoms with Gasteiger partial charge in [0.05, 0.1) is 18.5 Å². The molecule has 8 nitrogen and oxygen atoms in total. The maximum atomic E-state index is 6.04. The number of anilines is 2. The zero-order chi connectivity index (χ0) is 22.0. The molecule has 0 aliphatic carbocycles. The summed E-state index contributed by atoms with van der Waals surface area (Å²) in [5.41, 5.74) is 18.5. The second kappa shape index (κ2) is 8.77. The summed E-state index contributed by atoms with van der Waals surface area (Å²) in [6.07, 6.45) is 4.37. The minimum atomic E-state index is 0.193. The molecule has 1 aliphatic rings. The molecule has 0 radical (unpaired) electrons. The second-order valence-electron chi connectivity index (χ2n) is 7.77. The molecule has 0 fully saturated rings. The predicted octanol–water partition coefficient (Wildman–Crippen LogP) is 2.98. The first-order valence-corrected chi connectivity index (χ1v) is 10.4. The Labute approximate surface area is 182 Å². The Morgan fingerprint density at radius 2 is 1.97 bits per heavy atom. The number of benzene rings is 1. The van der Waals surface area contributed by atoms with Gasteiger partial charge in [0.15, 0.2) is 17.4 Å². The minimum Gasteiger partial charge on any atom is -0.490 e. The first-order valence-electron chi connectivity index (χ1n) is 10.4. The van der Waals surface area contributed by atoms with Gasteiger partial charge in [-0.15, -0.1) is 0 Å². The molecule has 0 bridgehead atoms. The monoisotopic (exact) mass is 420 g/mol. The quantitative estimate of drug-likeness (QED) is 0.626. The summed E-state index contributed by atoms with van der Waals surface area (Å²) in [6, 6.07) is 6.15. The Bertz CT molecular complexity index is 1100. The lowest BCUT2D eigenvalue weighted by molar-refractivity contribution is 0.278. The van der Waals surface area contributed by atoms with Crippen LogP contribution in [0, 0.1) is 6.92 Å². The summed E-state index contributed by atoms with van der Waals surface area (Å²) in [5, 5.41) is 0. The van der Waals surface area contributed by atoms with E-state index in [1.807, 2.05) is 6.92 Å². The van der Waals surface area contributed by atoms with Gasteiger partial charge in [-0.05, 0) is 62.2 Å². The fraction of sp³-hybridized carbons (Fsp3) is 0.348. The summed E-state index contributed by atoms with van der Waals surface area (Å²) in [4.78, 5) is 15.4. The second-order valence-corrected chi connectivity index (χ2v) is 7.77. The van der Waals surface area contributed by atoms with Crippen LogP contribution in [0.15, 0.2) is 30.6 Å². The zero-order valence-electron chi connectivity index (χ0n) is 18.2. The minimum absolute atomic E-state index is 0.193. The van der Waals surface area contributed by atoms with E-state index in [4.69, 9.17) is 20.9 Å². The van der Waals surface area contributed by atoms with Gasteiger partial charge in [0, 0.05) is 30.4 Å². The molecule has 0 saturated carbocycles. The highest BCUT2D eigenvalue weighted by Gasteiger charge is 2.18. The number of aryl methyl sites for hydroxylation is 1. The van der Waals surface area contributed by atoms with Crippen molar-refractivity contribution in [2.24, 2.45) is 0 Å². The van der Waals surface area contributed by atoms with Gasteiger partial charge in [-0.1, -0.05) is 0 Å². The molecule has 1 aromatic carbocycles. The van der Waals surface area contributed by atoms with Crippen LogP contribution in [-0.4, -0.2) is 40.1 Å². The van der Waals surface area contributed by atoms with Crippen molar-refractivity contribution in [2.75, 3.05) is 31.7 Å². The fourth-order valence-corrected chi connectivity index (χ4v) is 3.91. The average molecular weight is 421 g/mol. The van der Waals surface area contributed by atoms with Crippen LogP contribution < -0.4 is 20.9 Å². The van der Waals surface area contributed by atoms with Crippen molar-refractivity contribution in [1.29, 1.82) is 0 Å². The van der Waals surface area contributed by atoms with Gasteiger partial charge in [-0.25, -0.2) is 15.0 Å². The molecular weight excluding hydrogens is 392 g/mol. The van der Waals surface area contributed by atoms with E-state index in [1.54, 1.807) is 18.5 Å². The van der Waals surface area contributed by atoms with Gasteiger partial charge < -0.3 is 25.8 Å². The third kappa shape index (κ3) is 4.39. The van der Waals surface area contributed by atoms with Crippen molar-refractivity contribution in [3.8, 4) is 22.9 Å². The van der Waals surface area contributed by atoms with Crippen molar-refractivity contribution in [2.45, 2.75) is 33.4 Å². The Morgan fingerprint density at radius 3 is 2.77 bits per heavy atom. The molecule has 0 atom stereocenters. The Morgan fingerprint density at radius 1 is 1.13 bits per heavy atom. The topological polar surface area (TPSA) is 112 Å². The molecule has 1 aliphatic heterocycles. The van der Waals surface area contributed by atoms with Crippen LogP contribution in [0.25, 0.3) is 11.3 Å². The molecule has 0 spiro atoms. The van der Waals surface area contributed by atoms with Crippen LogP contribution in [0.2, 0.25) is 0 Å². The number of nitrogen functional groups attached to an aromatic ring is 2. The van der Waals surface area contributed by atoms with E-state index >= 15 is 0 Å². The van der Waals surface area contributed by atoms with Crippen molar-refractivity contribution in [3.05, 3.63) is 52.8 Å². The van der Waals surface area contributed by atoms with Crippen LogP contribution in [0.5, 0.6) is 11.6 Å². The number of hydrogen-bond acceptors (Lipinski definition) is 8. The molecule has 3 aromatic rings. The molecule has 8 heteroatoms. The lowest BCUT2D eigenvalue weighted by Crippen LogP contribution is -2.27. The van der Waals surface area contributed by atoms with E-state index in [9.17, 15) is 0 Å². The molecule has 31 heavy (non-hydrogen) atoms. The maximum Gasteiger partial charge on any atom is 0.258 e. The van der Waals surface area contributed by atoms with E-state index < -0.39 is 0 Å². The number of hydrogen-bond donors (Lipinski definition) is 2. The van der Waals surface area contributed by atoms with Crippen LogP contribution in [0.3, 0.4) is 0 Å². The normalized spacial score (nSPS) is 13.6. The Kier molecular flexibility index (Phi) is 5.90. The van der Waals surface area contributed by atoms with Gasteiger partial charge in [-0.2, -0.15) is 0 Å². The van der Waals surface area contributed by atoms with Gasteiger partial charge in [0.1, 0.15) is 6.61 Å². The Hall–Kier alpha value is -3.39. The first-order chi connectivity index (χ1) is 15.0. The SMILES string of the molecule is CCOc1c(COc2nc(-c3cc(C)c4c(c3)CN(C)CC4)cnc2N)ccnc1N. The third-order valence-electron chi connectivity index (χ3n) is 5.48. The summed E-state index contributed by atoms with van der Waals surface area (Å²) >= 11 is 0. The van der Waals surface area contributed by atoms with E-state index in [2.05, 4.69) is 46.0 Å². The molecule has 3 heterocycles. The van der Waals surface area contributed by atoms with E-state index in [-0.39, 0.29) is 18.3 Å². The van der Waals surface area contributed by atoms with Gasteiger partial charge in [0.25, 0.3) is 5.88 Å². The van der Waals surface area contributed by atoms with E-state index in [1.165, 1.54) is 16.7 Å². The lowest BCUT2D eigenvalue weighted by atomic mass is 9.92. The summed E-state index contributed by atoms with van der Waals surface area (Å²) < 4.78 is 11.5. The summed E-state index contributed by atoms with van der Waals surface area (Å²) in [5.74, 6) is 1.35. The molecule has 0 unspecified atom stereocenters. The zero-order valence-corrected chi connectivity index (χ0v) is 18.2. The third-order valence-corrected chi connectivity index (χ3v) is 5.48. The number of likely N-dealkylation sites (N-methyl/N-ethyl adjacent to an activating group) is 1. The van der Waals surface area contributed by atoms with Gasteiger partial charge >= 0.3 is 0 Å². The largest absolute Gasteiger partial charge is 0.490 e. The average Bonchev–Trinajstić information content (AvgIpc) is 2.75. The molecule has 4 N–H and O–H groups in total. The van der Waals surface area contributed by atoms with Crippen molar-refractivity contribution in [3.63, 3.8) is 0 Å². The highest BCUT2D eigenvalue weighted by atomic mass is 16.5. The molecular formula is C23H28N6O2. The molecule has 0 saturated heterocycles. The fourth-order valence-electron chi connectivity index (χ4n) is 3.91. The first kappa shape index (κ1) is 20.9. The number of aromatic nitrogens is 3. The number of pyridine rings is 1. The van der Waals surface area contributed by atoms with Crippen molar-refractivity contribution < 1.29 is 9.47 Å². The highest BCUT2D eigenvalue weighted by Crippen LogP contribution is 2.31. The van der Waals surface area contributed by atoms with Gasteiger partial charge in [-0.3, -0.25) is 0 Å². The van der Waals surface area contributed by atoms with Crippen LogP contribution in [-0.2, 0) is 19.6 Å². The molecule has 162 valence electrons. The van der Waals surface area contributed by atoms with E-state index in [0.717, 1.165) is 36.3 Å². The molecule has 0 amide bonds. The molecule has 2 aromatic heterocycles. The number of nitrogens with zero attached hydrogens (tertiary/aromatic N) is 4. The standard InChI is InChI=1S/C23H28N6O2/c1-4-30-20-15(5-7-26-21(20)24)13-31-23-22(25)27-11-19(28-23)16-9-14(2)18-6-8-29(3)12-17(18)10-16/h5,7,9-11H,4,6,8,12-13H2,1-3H3,(H2,24,26)(H2,25,27). The van der Waals surface area contributed by atoms with Crippen LogP contribution >= 0.6 is 0 Å². The summed E-state index contributed by atoms with van der Waals surface area (Å²) in [7, 11) is 2.14. The van der Waals surface area contributed by atoms with Crippen LogP contribution in [0.1, 0.15) is 29.2 Å². The van der Waals surface area contributed by atoms with E-state index in [0.29, 0.717) is 18.2 Å². The number of rotatable bonds is 6. The van der Waals surface area contributed by atoms with Crippen molar-refractivity contribution >= 4 is 11.6 Å². The Balaban J connectivity index is 1.61. The number of nitrogens with two attached hydrogens (primary N) is 2. The maximum absolute atomic E-state index is 6.04. The number of ether oxygens (including phenoxy) is 2. The predicted molar refractivity (Wildman–Crippen MR) is 121 cm³/mol. The highest BCUT2D eigenvalue weighted by molar-refractivity contribution is 5.64. The summed E-state index contributed by atoms with van der Waals surface area (Å²) in [6.45, 7) is 6.72. The lowest BCUT2D eigenvalue weighted by Gasteiger charge is -2.27. The van der Waals surface area contributed by atoms with Crippen LogP contribution in [0.4, 0.5) is 11.6 Å². The van der Waals surface area contributed by atoms with Crippen molar-refractivity contribution in [1.82, 2.24) is 19.9 Å². The molecule has 4 rings (SSSR count). The number of fused-ring (bicyclic) bond motifs is 1. The van der Waals surface area contributed by atoms with Gasteiger partial charge in [0.2, 0.25) is 0 Å². The smallest absolute Gasteiger partial charge is 0.258 e.